The molecule has 6 heteroatoms. The lowest BCUT2D eigenvalue weighted by Crippen LogP contribution is -2.30. The van der Waals surface area contributed by atoms with Gasteiger partial charge in [-0.3, -0.25) is 9.69 Å². The Morgan fingerprint density at radius 2 is 2.14 bits per heavy atom. The zero-order valence-corrected chi connectivity index (χ0v) is 13.0. The van der Waals surface area contributed by atoms with Gasteiger partial charge in [-0.05, 0) is 23.6 Å². The lowest BCUT2D eigenvalue weighted by atomic mass is 10.0. The normalized spacial score (nSPS) is 14.9. The van der Waals surface area contributed by atoms with E-state index in [0.29, 0.717) is 10.6 Å². The standard InChI is InChI=1S/C15H16ClN3OS/c16-11-4-2-1-3-9(11)7-19-6-5-10-12(8-19)21-15(18)13(10)14(17)20/h1-4H,5-8,18H2,(H2,17,20). The van der Waals surface area contributed by atoms with Crippen molar-refractivity contribution in [3.8, 4) is 0 Å². The number of carbonyl (C=O) groups excluding carboxylic acids is 1. The molecule has 0 radical (unpaired) electrons. The lowest BCUT2D eigenvalue weighted by molar-refractivity contribution is 0.1000. The summed E-state index contributed by atoms with van der Waals surface area (Å²) >= 11 is 7.68. The number of hydrogen-bond donors (Lipinski definition) is 2. The number of primary amides is 1. The van der Waals surface area contributed by atoms with Crippen LogP contribution in [0.1, 0.15) is 26.4 Å². The van der Waals surface area contributed by atoms with Gasteiger partial charge in [0.25, 0.3) is 5.91 Å². The van der Waals surface area contributed by atoms with Crippen molar-refractivity contribution in [3.05, 3.63) is 50.9 Å². The van der Waals surface area contributed by atoms with Crippen LogP contribution in [0.25, 0.3) is 0 Å². The first-order valence-corrected chi connectivity index (χ1v) is 7.91. The Kier molecular flexibility index (Phi) is 3.89. The van der Waals surface area contributed by atoms with E-state index in [2.05, 4.69) is 4.90 Å². The molecule has 1 aliphatic heterocycles. The second kappa shape index (κ2) is 5.67. The lowest BCUT2D eigenvalue weighted by Gasteiger charge is -2.27. The third-order valence-corrected chi connectivity index (χ3v) is 5.18. The van der Waals surface area contributed by atoms with E-state index in [0.717, 1.165) is 47.1 Å². The van der Waals surface area contributed by atoms with Gasteiger partial charge in [-0.2, -0.15) is 0 Å². The number of nitrogens with zero attached hydrogens (tertiary/aromatic N) is 1. The third-order valence-electron chi connectivity index (χ3n) is 3.76. The van der Waals surface area contributed by atoms with Gasteiger partial charge in [0.05, 0.1) is 10.6 Å². The van der Waals surface area contributed by atoms with Crippen LogP contribution in [0.15, 0.2) is 24.3 Å². The van der Waals surface area contributed by atoms with Crippen molar-refractivity contribution in [1.29, 1.82) is 0 Å². The Morgan fingerprint density at radius 1 is 1.38 bits per heavy atom. The van der Waals surface area contributed by atoms with Crippen LogP contribution in [-0.2, 0) is 19.5 Å². The van der Waals surface area contributed by atoms with Crippen molar-refractivity contribution in [2.24, 2.45) is 5.73 Å². The SMILES string of the molecule is NC(=O)c1c(N)sc2c1CCN(Cc1ccccc1Cl)C2. The Bertz CT molecular complexity index is 698. The molecule has 1 aromatic carbocycles. The average Bonchev–Trinajstić information content (AvgIpc) is 2.76. The van der Waals surface area contributed by atoms with Gasteiger partial charge >= 0.3 is 0 Å². The predicted molar refractivity (Wildman–Crippen MR) is 86.5 cm³/mol. The number of nitrogens with two attached hydrogens (primary N) is 2. The first-order valence-electron chi connectivity index (χ1n) is 6.72. The first-order chi connectivity index (χ1) is 10.1. The smallest absolute Gasteiger partial charge is 0.251 e. The van der Waals surface area contributed by atoms with E-state index in [1.807, 2.05) is 24.3 Å². The van der Waals surface area contributed by atoms with Crippen LogP contribution < -0.4 is 11.5 Å². The summed E-state index contributed by atoms with van der Waals surface area (Å²) in [6.07, 6.45) is 0.797. The number of halogens is 1. The molecule has 0 aliphatic carbocycles. The molecule has 2 heterocycles. The van der Waals surface area contributed by atoms with Gasteiger partial charge in [-0.15, -0.1) is 11.3 Å². The Hall–Kier alpha value is -1.56. The predicted octanol–water partition coefficient (Wildman–Crippen LogP) is 2.64. The van der Waals surface area contributed by atoms with Crippen molar-refractivity contribution in [3.63, 3.8) is 0 Å². The molecule has 1 aliphatic rings. The number of carbonyl (C=O) groups is 1. The summed E-state index contributed by atoms with van der Waals surface area (Å²) in [6, 6.07) is 7.86. The number of fused-ring (bicyclic) bond motifs is 1. The minimum absolute atomic E-state index is 0.426. The molecule has 110 valence electrons. The number of thiophene rings is 1. The van der Waals surface area contributed by atoms with E-state index in [-0.39, 0.29) is 0 Å². The van der Waals surface area contributed by atoms with E-state index < -0.39 is 5.91 Å². The molecule has 4 N–H and O–H groups in total. The largest absolute Gasteiger partial charge is 0.390 e. The third kappa shape index (κ3) is 2.77. The van der Waals surface area contributed by atoms with Crippen molar-refractivity contribution >= 4 is 33.8 Å². The van der Waals surface area contributed by atoms with Gasteiger partial charge in [0.1, 0.15) is 0 Å². The topological polar surface area (TPSA) is 72.3 Å². The van der Waals surface area contributed by atoms with Crippen molar-refractivity contribution < 1.29 is 4.79 Å². The molecule has 21 heavy (non-hydrogen) atoms. The van der Waals surface area contributed by atoms with E-state index in [1.165, 1.54) is 11.3 Å². The Labute approximate surface area is 132 Å². The maximum atomic E-state index is 11.5. The first kappa shape index (κ1) is 14.4. The Morgan fingerprint density at radius 3 is 2.86 bits per heavy atom. The molecular weight excluding hydrogens is 306 g/mol. The highest BCUT2D eigenvalue weighted by Gasteiger charge is 2.26. The van der Waals surface area contributed by atoms with Gasteiger partial charge < -0.3 is 11.5 Å². The fourth-order valence-corrected chi connectivity index (χ4v) is 4.11. The van der Waals surface area contributed by atoms with Crippen LogP contribution in [0.4, 0.5) is 5.00 Å². The van der Waals surface area contributed by atoms with Gasteiger partial charge in [-0.25, -0.2) is 0 Å². The molecule has 0 spiro atoms. The fourth-order valence-electron chi connectivity index (χ4n) is 2.75. The fraction of sp³-hybridized carbons (Fsp3) is 0.267. The average molecular weight is 322 g/mol. The van der Waals surface area contributed by atoms with Crippen molar-refractivity contribution in [2.45, 2.75) is 19.5 Å². The molecule has 0 bridgehead atoms. The summed E-state index contributed by atoms with van der Waals surface area (Å²) in [5.41, 5.74) is 14.0. The second-order valence-electron chi connectivity index (χ2n) is 5.16. The van der Waals surface area contributed by atoms with Crippen molar-refractivity contribution in [2.75, 3.05) is 12.3 Å². The van der Waals surface area contributed by atoms with E-state index >= 15 is 0 Å². The van der Waals surface area contributed by atoms with Crippen LogP contribution >= 0.6 is 22.9 Å². The van der Waals surface area contributed by atoms with Crippen molar-refractivity contribution in [1.82, 2.24) is 4.90 Å². The summed E-state index contributed by atoms with van der Waals surface area (Å²) in [4.78, 5) is 14.9. The molecule has 1 aromatic heterocycles. The summed E-state index contributed by atoms with van der Waals surface area (Å²) in [5, 5.41) is 1.32. The molecule has 0 saturated heterocycles. The number of hydrogen-bond acceptors (Lipinski definition) is 4. The molecule has 0 saturated carbocycles. The van der Waals surface area contributed by atoms with Gasteiger partial charge in [0.2, 0.25) is 0 Å². The molecule has 2 aromatic rings. The zero-order chi connectivity index (χ0) is 15.0. The summed E-state index contributed by atoms with van der Waals surface area (Å²) < 4.78 is 0. The van der Waals surface area contributed by atoms with Crippen LogP contribution in [0.3, 0.4) is 0 Å². The molecule has 0 atom stereocenters. The number of benzene rings is 1. The van der Waals surface area contributed by atoms with E-state index in [1.54, 1.807) is 0 Å². The second-order valence-corrected chi connectivity index (χ2v) is 6.70. The monoisotopic (exact) mass is 321 g/mol. The molecule has 0 unspecified atom stereocenters. The molecule has 3 rings (SSSR count). The van der Waals surface area contributed by atoms with E-state index in [9.17, 15) is 4.79 Å². The van der Waals surface area contributed by atoms with Crippen LogP contribution in [0.2, 0.25) is 5.02 Å². The molecule has 0 fully saturated rings. The number of amides is 1. The van der Waals surface area contributed by atoms with Crippen LogP contribution in [0.5, 0.6) is 0 Å². The number of nitrogen functional groups attached to an aromatic ring is 1. The Balaban J connectivity index is 1.81. The number of rotatable bonds is 3. The van der Waals surface area contributed by atoms with Crippen LogP contribution in [-0.4, -0.2) is 17.4 Å². The highest BCUT2D eigenvalue weighted by molar-refractivity contribution is 7.16. The maximum absolute atomic E-state index is 11.5. The summed E-state index contributed by atoms with van der Waals surface area (Å²) in [5.74, 6) is -0.426. The molecule has 4 nitrogen and oxygen atoms in total. The minimum atomic E-state index is -0.426. The zero-order valence-electron chi connectivity index (χ0n) is 11.4. The summed E-state index contributed by atoms with van der Waals surface area (Å²) in [7, 11) is 0. The number of anilines is 1. The van der Waals surface area contributed by atoms with Gasteiger partial charge in [0.15, 0.2) is 0 Å². The van der Waals surface area contributed by atoms with Crippen LogP contribution in [0, 0.1) is 0 Å². The summed E-state index contributed by atoms with van der Waals surface area (Å²) in [6.45, 7) is 2.44. The van der Waals surface area contributed by atoms with Gasteiger partial charge in [0, 0.05) is 29.5 Å². The molecular formula is C15H16ClN3OS. The highest BCUT2D eigenvalue weighted by Crippen LogP contribution is 2.35. The van der Waals surface area contributed by atoms with E-state index in [4.69, 9.17) is 23.1 Å². The quantitative estimate of drug-likeness (QED) is 0.912. The minimum Gasteiger partial charge on any atom is -0.390 e. The highest BCUT2D eigenvalue weighted by atomic mass is 35.5. The molecule has 1 amide bonds. The maximum Gasteiger partial charge on any atom is 0.251 e. The van der Waals surface area contributed by atoms with Gasteiger partial charge in [-0.1, -0.05) is 29.8 Å².